The van der Waals surface area contributed by atoms with Crippen LogP contribution in [-0.2, 0) is 52.3 Å². The van der Waals surface area contributed by atoms with Crippen molar-refractivity contribution in [3.63, 3.8) is 0 Å². The van der Waals surface area contributed by atoms with E-state index in [-0.39, 0.29) is 45.6 Å². The summed E-state index contributed by atoms with van der Waals surface area (Å²) in [4.78, 5) is 48.6. The van der Waals surface area contributed by atoms with Gasteiger partial charge < -0.3 is 128 Å². The number of aromatic hydroxyl groups is 4. The standard InChI is InChI=1S/C56H60O30/c1-75-33-13-23(3-8-28(33)57)5-11-41(63)77-20-37-44(66)47(69)50(72)54(84-37)80-26-16-31(60)27-18-36(83-56-52(74)49(71)46(68)39(86-56)22-79-43(65)19-40(61)62)53(81-32(27)17-26)25-7-10-30(59)35(15-25)82-55-51(73)48(70)45(67)38(85-55)21-78-42(64)12-6-24-4-9-29(58)34(14-24)76-2/h3-18,37-39,44-60,66-74H,19-22H2,1-2H3,(H,61,62)/b11-5+,12-6+/t37-,38+,39-,44-,45-,46-,47-,48-,49-,50+,51+,52-,53?,54+,55+,56+/m0/s1. The summed E-state index contributed by atoms with van der Waals surface area (Å²) in [5.74, 6) is -7.49. The average molecular weight is 1210 g/mol. The van der Waals surface area contributed by atoms with Gasteiger partial charge in [0.1, 0.15) is 122 Å². The summed E-state index contributed by atoms with van der Waals surface area (Å²) in [7, 11) is 2.66. The van der Waals surface area contributed by atoms with Crippen molar-refractivity contribution >= 4 is 42.1 Å². The number of phenolic OH excluding ortho intramolecular Hbond substituents is 4. The van der Waals surface area contributed by atoms with Crippen molar-refractivity contribution in [3.8, 4) is 51.7 Å². The molecule has 0 radical (unpaired) electrons. The summed E-state index contributed by atoms with van der Waals surface area (Å²) in [5, 5.41) is 150. The summed E-state index contributed by atoms with van der Waals surface area (Å²) >= 11 is 0. The highest BCUT2D eigenvalue weighted by Gasteiger charge is 2.49. The van der Waals surface area contributed by atoms with Gasteiger partial charge in [-0.05, 0) is 65.8 Å². The Kier molecular flexibility index (Phi) is 20.4. The molecule has 3 saturated heterocycles. The minimum Gasteiger partial charge on any atom is -0.507 e. The minimum atomic E-state index is -2.09. The van der Waals surface area contributed by atoms with Crippen molar-refractivity contribution in [3.05, 3.63) is 107 Å². The van der Waals surface area contributed by atoms with Crippen molar-refractivity contribution in [2.24, 2.45) is 0 Å². The number of rotatable bonds is 21. The monoisotopic (exact) mass is 1210 g/mol. The van der Waals surface area contributed by atoms with Gasteiger partial charge in [-0.15, -0.1) is 0 Å². The Bertz CT molecular complexity index is 3180. The van der Waals surface area contributed by atoms with Gasteiger partial charge in [0.25, 0.3) is 0 Å². The Morgan fingerprint density at radius 1 is 0.500 bits per heavy atom. The van der Waals surface area contributed by atoms with E-state index in [0.717, 1.165) is 42.5 Å². The molecule has 0 amide bonds. The normalized spacial score (nSPS) is 28.9. The van der Waals surface area contributed by atoms with Gasteiger partial charge >= 0.3 is 23.9 Å². The summed E-state index contributed by atoms with van der Waals surface area (Å²) < 4.78 is 66.8. The Balaban J connectivity index is 1.03. The maximum atomic E-state index is 12.7. The van der Waals surface area contributed by atoms with Crippen LogP contribution < -0.4 is 23.7 Å². The fraction of sp³-hybridized carbons (Fsp3) is 0.393. The first-order chi connectivity index (χ1) is 40.9. The molecule has 0 bridgehead atoms. The lowest BCUT2D eigenvalue weighted by atomic mass is 9.98. The number of esters is 3. The van der Waals surface area contributed by atoms with E-state index >= 15 is 0 Å². The third kappa shape index (κ3) is 14.9. The van der Waals surface area contributed by atoms with Crippen LogP contribution in [0.4, 0.5) is 0 Å². The Hall–Kier alpha value is -8.50. The molecule has 1 unspecified atom stereocenters. The lowest BCUT2D eigenvalue weighted by molar-refractivity contribution is -0.294. The van der Waals surface area contributed by atoms with Crippen molar-refractivity contribution in [2.75, 3.05) is 34.0 Å². The molecule has 0 spiro atoms. The highest BCUT2D eigenvalue weighted by atomic mass is 16.7. The molecule has 4 aromatic carbocycles. The molecule has 16 atom stereocenters. The molecule has 30 heteroatoms. The molecule has 4 aliphatic rings. The molecule has 464 valence electrons. The maximum Gasteiger partial charge on any atom is 0.330 e. The quantitative estimate of drug-likeness (QED) is 0.0200. The number of carbonyl (C=O) groups is 4. The van der Waals surface area contributed by atoms with Crippen molar-refractivity contribution < 1.29 is 148 Å². The number of methoxy groups -OCH3 is 2. The van der Waals surface area contributed by atoms with E-state index in [1.807, 2.05) is 0 Å². The molecule has 8 rings (SSSR count). The first-order valence-electron chi connectivity index (χ1n) is 25.9. The molecular weight excluding hydrogens is 1150 g/mol. The average Bonchev–Trinajstić information content (AvgIpc) is 1.48. The number of phenols is 4. The highest BCUT2D eigenvalue weighted by molar-refractivity contribution is 5.90. The Labute approximate surface area is 485 Å². The molecule has 4 aliphatic heterocycles. The molecule has 4 heterocycles. The second-order valence-electron chi connectivity index (χ2n) is 19.6. The summed E-state index contributed by atoms with van der Waals surface area (Å²) in [5.41, 5.74) is 0.621. The van der Waals surface area contributed by atoms with Gasteiger partial charge in [0.05, 0.1) is 19.8 Å². The molecule has 0 saturated carbocycles. The fourth-order valence-electron chi connectivity index (χ4n) is 8.96. The number of aliphatic hydroxyl groups excluding tert-OH is 9. The topological polar surface area (TPSA) is 462 Å². The van der Waals surface area contributed by atoms with Crippen LogP contribution in [0.2, 0.25) is 0 Å². The van der Waals surface area contributed by atoms with Crippen LogP contribution in [0, 0.1) is 0 Å². The van der Waals surface area contributed by atoms with Gasteiger partial charge in [-0.1, -0.05) is 18.2 Å². The zero-order chi connectivity index (χ0) is 62.3. The fourth-order valence-corrected chi connectivity index (χ4v) is 8.96. The van der Waals surface area contributed by atoms with E-state index in [1.165, 1.54) is 68.8 Å². The van der Waals surface area contributed by atoms with Crippen LogP contribution in [0.1, 0.15) is 34.8 Å². The highest BCUT2D eigenvalue weighted by Crippen LogP contribution is 2.47. The molecule has 3 fully saturated rings. The van der Waals surface area contributed by atoms with Crippen LogP contribution in [0.3, 0.4) is 0 Å². The first kappa shape index (κ1) is 63.5. The van der Waals surface area contributed by atoms with Crippen LogP contribution in [0.5, 0.6) is 51.7 Å². The van der Waals surface area contributed by atoms with E-state index in [4.69, 9.17) is 61.9 Å². The lowest BCUT2D eigenvalue weighted by Crippen LogP contribution is -2.60. The summed E-state index contributed by atoms with van der Waals surface area (Å²) in [6.07, 6.45) is -25.1. The van der Waals surface area contributed by atoms with E-state index < -0.39 is 171 Å². The second kappa shape index (κ2) is 27.7. The van der Waals surface area contributed by atoms with E-state index in [9.17, 15) is 85.6 Å². The van der Waals surface area contributed by atoms with E-state index in [0.29, 0.717) is 11.1 Å². The number of hydrogen-bond donors (Lipinski definition) is 14. The summed E-state index contributed by atoms with van der Waals surface area (Å²) in [6.45, 7) is -2.25. The number of carboxylic acids is 1. The van der Waals surface area contributed by atoms with Gasteiger partial charge in [0.15, 0.2) is 40.6 Å². The number of aliphatic carboxylic acids is 1. The summed E-state index contributed by atoms with van der Waals surface area (Å²) in [6, 6.07) is 14.0. The van der Waals surface area contributed by atoms with Crippen molar-refractivity contribution in [2.45, 2.75) is 105 Å². The minimum absolute atomic E-state index is 0.0573. The third-order valence-corrected chi connectivity index (χ3v) is 13.6. The van der Waals surface area contributed by atoms with Gasteiger partial charge in [-0.25, -0.2) is 9.59 Å². The molecule has 30 nitrogen and oxygen atoms in total. The van der Waals surface area contributed by atoms with Crippen LogP contribution >= 0.6 is 0 Å². The molecular formula is C56H60O30. The second-order valence-corrected chi connectivity index (χ2v) is 19.6. The molecule has 0 aromatic heterocycles. The van der Waals surface area contributed by atoms with Crippen molar-refractivity contribution in [1.82, 2.24) is 0 Å². The molecule has 4 aromatic rings. The Morgan fingerprint density at radius 2 is 0.953 bits per heavy atom. The zero-order valence-corrected chi connectivity index (χ0v) is 45.1. The number of fused-ring (bicyclic) bond motifs is 1. The largest absolute Gasteiger partial charge is 0.507 e. The number of benzene rings is 4. The SMILES string of the molecule is COc1cc(/C=C/C(=O)OC[C@@H]2O[C@@H](Oc3cc(O)c4c(c3)OC(c3ccc(O)c(O[C@@H]5O[C@H](COC(=O)/C=C/c6ccc(O)c(OC)c6)[C@H](O)[C@H](O)[C@H]5O)c3)C(O[C@@H]3O[C@@H](COC(=O)CC(=O)O)[C@H](O)[C@H](O)[C@@H]3O)=C4)[C@H](O)[C@@H](O)[C@H]2O)ccc1O. The van der Waals surface area contributed by atoms with Gasteiger partial charge in [0, 0.05) is 29.8 Å². The van der Waals surface area contributed by atoms with Crippen LogP contribution in [0.25, 0.3) is 18.2 Å². The number of carbonyl (C=O) groups excluding carboxylic acids is 3. The van der Waals surface area contributed by atoms with E-state index in [1.54, 1.807) is 0 Å². The predicted molar refractivity (Wildman–Crippen MR) is 282 cm³/mol. The number of aliphatic hydroxyl groups is 9. The van der Waals surface area contributed by atoms with Gasteiger partial charge in [0.2, 0.25) is 18.9 Å². The smallest absolute Gasteiger partial charge is 0.330 e. The number of hydrogen-bond acceptors (Lipinski definition) is 29. The Morgan fingerprint density at radius 3 is 1.44 bits per heavy atom. The first-order valence-corrected chi connectivity index (χ1v) is 25.9. The molecule has 14 N–H and O–H groups in total. The number of ether oxygens (including phenoxy) is 12. The van der Waals surface area contributed by atoms with Gasteiger partial charge in [-0.2, -0.15) is 0 Å². The van der Waals surface area contributed by atoms with Crippen LogP contribution in [-0.4, -0.2) is 222 Å². The predicted octanol–water partition coefficient (Wildman–Crippen LogP) is -1.27. The van der Waals surface area contributed by atoms with Crippen LogP contribution in [0.15, 0.2) is 84.6 Å². The van der Waals surface area contributed by atoms with Crippen molar-refractivity contribution in [1.29, 1.82) is 0 Å². The lowest BCUT2D eigenvalue weighted by Gasteiger charge is -2.41. The molecule has 0 aliphatic carbocycles. The maximum absolute atomic E-state index is 12.7. The van der Waals surface area contributed by atoms with E-state index in [2.05, 4.69) is 0 Å². The zero-order valence-electron chi connectivity index (χ0n) is 45.1. The number of carboxylic acid groups (broad SMARTS) is 1. The molecule has 86 heavy (non-hydrogen) atoms. The van der Waals surface area contributed by atoms with Gasteiger partial charge in [-0.3, -0.25) is 9.59 Å². The third-order valence-electron chi connectivity index (χ3n) is 13.6.